The Morgan fingerprint density at radius 3 is 3.13 bits per heavy atom. The van der Waals surface area contributed by atoms with Gasteiger partial charge in [-0.2, -0.15) is 0 Å². The topological polar surface area (TPSA) is 61.8 Å². The summed E-state index contributed by atoms with van der Waals surface area (Å²) in [7, 11) is 0. The van der Waals surface area contributed by atoms with Crippen molar-refractivity contribution in [3.63, 3.8) is 0 Å². The first kappa shape index (κ1) is 16.6. The maximum Gasteiger partial charge on any atom is 0.318 e. The lowest BCUT2D eigenvalue weighted by Gasteiger charge is -2.36. The number of aliphatic hydroxyl groups is 1. The number of urea groups is 1. The highest BCUT2D eigenvalue weighted by Crippen LogP contribution is 2.41. The van der Waals surface area contributed by atoms with Crippen LogP contribution in [0.5, 0.6) is 0 Å². The third-order valence-electron chi connectivity index (χ3n) is 4.48. The van der Waals surface area contributed by atoms with E-state index in [0.717, 1.165) is 11.4 Å². The van der Waals surface area contributed by atoms with E-state index in [2.05, 4.69) is 5.32 Å². The molecule has 0 spiro atoms. The van der Waals surface area contributed by atoms with Crippen molar-refractivity contribution >= 4 is 17.6 Å². The molecule has 6 heteroatoms. The number of morpholine rings is 1. The molecule has 5 nitrogen and oxygen atoms in total. The van der Waals surface area contributed by atoms with Crippen molar-refractivity contribution in [1.82, 2.24) is 10.2 Å². The predicted octanol–water partition coefficient (Wildman–Crippen LogP) is 2.38. The van der Waals surface area contributed by atoms with Crippen LogP contribution < -0.4 is 5.32 Å². The van der Waals surface area contributed by atoms with E-state index >= 15 is 0 Å². The van der Waals surface area contributed by atoms with Gasteiger partial charge in [0.15, 0.2) is 0 Å². The summed E-state index contributed by atoms with van der Waals surface area (Å²) in [6.07, 6.45) is 1.03. The first-order chi connectivity index (χ1) is 11.0. The fraction of sp³-hybridized carbons (Fsp3) is 0.588. The van der Waals surface area contributed by atoms with E-state index in [1.165, 1.54) is 5.56 Å². The molecule has 4 atom stereocenters. The van der Waals surface area contributed by atoms with Gasteiger partial charge in [-0.05, 0) is 37.5 Å². The summed E-state index contributed by atoms with van der Waals surface area (Å²) in [5, 5.41) is 13.4. The molecular weight excluding hydrogens is 316 g/mol. The van der Waals surface area contributed by atoms with Gasteiger partial charge in [-0.25, -0.2) is 4.79 Å². The second-order valence-electron chi connectivity index (χ2n) is 6.46. The number of carbonyl (C=O) groups excluding carboxylic acids is 1. The first-order valence-corrected chi connectivity index (χ1v) is 8.51. The minimum absolute atomic E-state index is 0.0616. The minimum atomic E-state index is -0.447. The van der Waals surface area contributed by atoms with Crippen molar-refractivity contribution < 1.29 is 14.6 Å². The molecule has 1 aromatic rings. The van der Waals surface area contributed by atoms with Crippen molar-refractivity contribution in [1.29, 1.82) is 0 Å². The van der Waals surface area contributed by atoms with Gasteiger partial charge in [0.2, 0.25) is 0 Å². The highest BCUT2D eigenvalue weighted by atomic mass is 35.5. The Morgan fingerprint density at radius 2 is 2.39 bits per heavy atom. The van der Waals surface area contributed by atoms with E-state index in [0.29, 0.717) is 32.1 Å². The SMILES string of the molecule is C[C@H](O)C[C@@H]1COCCN1C(=O)N[C@@H]1C[C@@H]1c1cccc(Cl)c1. The average Bonchev–Trinajstić information content (AvgIpc) is 3.26. The maximum atomic E-state index is 12.5. The van der Waals surface area contributed by atoms with Gasteiger partial charge in [-0.1, -0.05) is 23.7 Å². The van der Waals surface area contributed by atoms with Gasteiger partial charge in [-0.3, -0.25) is 0 Å². The molecule has 1 heterocycles. The van der Waals surface area contributed by atoms with Crippen LogP contribution in [0.3, 0.4) is 0 Å². The van der Waals surface area contributed by atoms with Crippen LogP contribution in [0.2, 0.25) is 5.02 Å². The summed E-state index contributed by atoms with van der Waals surface area (Å²) in [6.45, 7) is 3.34. The second-order valence-corrected chi connectivity index (χ2v) is 6.90. The van der Waals surface area contributed by atoms with Gasteiger partial charge in [0, 0.05) is 23.5 Å². The van der Waals surface area contributed by atoms with Crippen molar-refractivity contribution in [3.8, 4) is 0 Å². The normalized spacial score (nSPS) is 28.3. The summed E-state index contributed by atoms with van der Waals surface area (Å²) < 4.78 is 5.44. The van der Waals surface area contributed by atoms with Gasteiger partial charge in [0.25, 0.3) is 0 Å². The van der Waals surface area contributed by atoms with E-state index in [-0.39, 0.29) is 18.1 Å². The molecule has 0 unspecified atom stereocenters. The summed E-state index contributed by atoms with van der Waals surface area (Å²) in [6, 6.07) is 7.85. The molecule has 0 aromatic heterocycles. The molecule has 0 bridgehead atoms. The summed E-state index contributed by atoms with van der Waals surface area (Å²) in [5.74, 6) is 0.342. The highest BCUT2D eigenvalue weighted by molar-refractivity contribution is 6.30. The Bertz CT molecular complexity index is 567. The zero-order valence-electron chi connectivity index (χ0n) is 13.2. The first-order valence-electron chi connectivity index (χ1n) is 8.13. The van der Waals surface area contributed by atoms with Crippen molar-refractivity contribution in [2.24, 2.45) is 0 Å². The smallest absolute Gasteiger partial charge is 0.318 e. The highest BCUT2D eigenvalue weighted by Gasteiger charge is 2.41. The van der Waals surface area contributed by atoms with Crippen LogP contribution in [0.15, 0.2) is 24.3 Å². The van der Waals surface area contributed by atoms with Crippen LogP contribution in [0.4, 0.5) is 4.79 Å². The lowest BCUT2D eigenvalue weighted by atomic mass is 10.1. The minimum Gasteiger partial charge on any atom is -0.393 e. The lowest BCUT2D eigenvalue weighted by Crippen LogP contribution is -2.53. The number of halogens is 1. The monoisotopic (exact) mass is 338 g/mol. The molecule has 3 rings (SSSR count). The molecule has 2 amide bonds. The van der Waals surface area contributed by atoms with Crippen LogP contribution in [-0.4, -0.2) is 54.0 Å². The fourth-order valence-electron chi connectivity index (χ4n) is 3.21. The molecule has 0 radical (unpaired) electrons. The number of hydrogen-bond acceptors (Lipinski definition) is 3. The van der Waals surface area contributed by atoms with Gasteiger partial charge in [0.05, 0.1) is 25.4 Å². The van der Waals surface area contributed by atoms with Crippen LogP contribution in [0.25, 0.3) is 0 Å². The number of hydrogen-bond donors (Lipinski definition) is 2. The fourth-order valence-corrected chi connectivity index (χ4v) is 3.41. The zero-order chi connectivity index (χ0) is 16.4. The van der Waals surface area contributed by atoms with E-state index < -0.39 is 6.10 Å². The van der Waals surface area contributed by atoms with Gasteiger partial charge in [-0.15, -0.1) is 0 Å². The Kier molecular flexibility index (Phi) is 5.09. The standard InChI is InChI=1S/C17H23ClN2O3/c1-11(21)7-14-10-23-6-5-20(14)17(22)19-16-9-15(16)12-3-2-4-13(18)8-12/h2-4,8,11,14-16,21H,5-7,9-10H2,1H3,(H,19,22)/t11-,14+,15+,16+/m0/s1. The molecule has 2 aliphatic rings. The molecule has 1 aliphatic heterocycles. The number of rotatable bonds is 4. The number of ether oxygens (including phenoxy) is 1. The van der Waals surface area contributed by atoms with E-state index in [1.807, 2.05) is 24.3 Å². The Hall–Kier alpha value is -1.30. The largest absolute Gasteiger partial charge is 0.393 e. The Morgan fingerprint density at radius 1 is 1.57 bits per heavy atom. The number of amides is 2. The summed E-state index contributed by atoms with van der Waals surface area (Å²) in [5.41, 5.74) is 1.17. The Balaban J connectivity index is 1.57. The van der Waals surface area contributed by atoms with Gasteiger partial charge >= 0.3 is 6.03 Å². The third-order valence-corrected chi connectivity index (χ3v) is 4.71. The van der Waals surface area contributed by atoms with E-state index in [1.54, 1.807) is 11.8 Å². The zero-order valence-corrected chi connectivity index (χ0v) is 14.0. The quantitative estimate of drug-likeness (QED) is 0.886. The number of nitrogens with one attached hydrogen (secondary N) is 1. The molecule has 126 valence electrons. The average molecular weight is 339 g/mol. The van der Waals surface area contributed by atoms with E-state index in [9.17, 15) is 9.90 Å². The molecule has 2 N–H and O–H groups in total. The van der Waals surface area contributed by atoms with Gasteiger partial charge in [0.1, 0.15) is 0 Å². The molecule has 23 heavy (non-hydrogen) atoms. The van der Waals surface area contributed by atoms with Crippen LogP contribution in [0, 0.1) is 0 Å². The number of nitrogens with zero attached hydrogens (tertiary/aromatic N) is 1. The molecular formula is C17H23ClN2O3. The van der Waals surface area contributed by atoms with Crippen LogP contribution in [0.1, 0.15) is 31.2 Å². The predicted molar refractivity (Wildman–Crippen MR) is 88.7 cm³/mol. The number of aliphatic hydroxyl groups excluding tert-OH is 1. The van der Waals surface area contributed by atoms with Gasteiger partial charge < -0.3 is 20.1 Å². The third kappa shape index (κ3) is 4.16. The molecule has 1 saturated carbocycles. The number of benzene rings is 1. The summed E-state index contributed by atoms with van der Waals surface area (Å²) in [4.78, 5) is 14.3. The lowest BCUT2D eigenvalue weighted by molar-refractivity contribution is -0.00439. The number of carbonyl (C=O) groups is 1. The molecule has 1 saturated heterocycles. The van der Waals surface area contributed by atoms with Crippen molar-refractivity contribution in [2.45, 2.75) is 43.9 Å². The molecule has 2 fully saturated rings. The molecule has 1 aromatic carbocycles. The molecule has 1 aliphatic carbocycles. The Labute approximate surface area is 141 Å². The van der Waals surface area contributed by atoms with Crippen molar-refractivity contribution in [2.75, 3.05) is 19.8 Å². The van der Waals surface area contributed by atoms with Crippen LogP contribution >= 0.6 is 11.6 Å². The second kappa shape index (κ2) is 7.07. The maximum absolute atomic E-state index is 12.5. The summed E-state index contributed by atoms with van der Waals surface area (Å²) >= 11 is 6.03. The van der Waals surface area contributed by atoms with E-state index in [4.69, 9.17) is 16.3 Å². The van der Waals surface area contributed by atoms with Crippen LogP contribution in [-0.2, 0) is 4.74 Å². The van der Waals surface area contributed by atoms with Crippen molar-refractivity contribution in [3.05, 3.63) is 34.9 Å².